The van der Waals surface area contributed by atoms with Crippen molar-refractivity contribution in [1.29, 1.82) is 0 Å². The highest BCUT2D eigenvalue weighted by molar-refractivity contribution is 6.28. The molecule has 0 radical (unpaired) electrons. The van der Waals surface area contributed by atoms with Gasteiger partial charge in [0.1, 0.15) is 0 Å². The van der Waals surface area contributed by atoms with Crippen molar-refractivity contribution in [2.45, 2.75) is 79.6 Å². The number of rotatable bonds is 10. The van der Waals surface area contributed by atoms with Gasteiger partial charge in [0.05, 0.1) is 0 Å². The predicted octanol–water partition coefficient (Wildman–Crippen LogP) is 8.07. The van der Waals surface area contributed by atoms with Gasteiger partial charge in [-0.3, -0.25) is 9.59 Å². The van der Waals surface area contributed by atoms with Gasteiger partial charge in [-0.2, -0.15) is 0 Å². The van der Waals surface area contributed by atoms with Gasteiger partial charge in [-0.1, -0.05) is 67.8 Å². The number of carbonyl (C=O) groups is 2. The highest BCUT2D eigenvalue weighted by atomic mass is 16.1. The molecule has 0 aliphatic heterocycles. The van der Waals surface area contributed by atoms with Gasteiger partial charge < -0.3 is 0 Å². The maximum Gasteiger partial charge on any atom is 0.194 e. The Morgan fingerprint density at radius 1 is 0.758 bits per heavy atom. The highest BCUT2D eigenvalue weighted by Crippen LogP contribution is 2.29. The Morgan fingerprint density at radius 3 is 1.79 bits per heavy atom. The zero-order valence-corrected chi connectivity index (χ0v) is 21.0. The molecule has 0 spiro atoms. The summed E-state index contributed by atoms with van der Waals surface area (Å²) in [6, 6.07) is 11.5. The molecule has 0 atom stereocenters. The third-order valence-corrected chi connectivity index (χ3v) is 6.41. The average Bonchev–Trinajstić information content (AvgIpc) is 2.77. The first-order valence-corrected chi connectivity index (χ1v) is 12.4. The molecule has 0 aromatic heterocycles. The van der Waals surface area contributed by atoms with Crippen LogP contribution in [0.4, 0.5) is 0 Å². The van der Waals surface area contributed by atoms with E-state index >= 15 is 0 Å². The summed E-state index contributed by atoms with van der Waals surface area (Å²) in [5.41, 5.74) is 7.13. The van der Waals surface area contributed by atoms with Crippen molar-refractivity contribution in [2.75, 3.05) is 0 Å². The molecule has 0 unspecified atom stereocenters. The number of ketones is 2. The molecule has 2 aromatic rings. The summed E-state index contributed by atoms with van der Waals surface area (Å²) >= 11 is 0. The molecule has 3 rings (SSSR count). The fourth-order valence-electron chi connectivity index (χ4n) is 4.46. The molecule has 1 aliphatic carbocycles. The molecule has 33 heavy (non-hydrogen) atoms. The van der Waals surface area contributed by atoms with Crippen molar-refractivity contribution < 1.29 is 9.59 Å². The third-order valence-electron chi connectivity index (χ3n) is 6.41. The van der Waals surface area contributed by atoms with E-state index in [1.165, 1.54) is 24.0 Å². The van der Waals surface area contributed by atoms with Crippen LogP contribution >= 0.6 is 0 Å². The van der Waals surface area contributed by atoms with Crippen LogP contribution in [0.3, 0.4) is 0 Å². The lowest BCUT2D eigenvalue weighted by Crippen LogP contribution is -2.21. The minimum atomic E-state index is -0.0390. The summed E-state index contributed by atoms with van der Waals surface area (Å²) in [7, 11) is 0. The van der Waals surface area contributed by atoms with Crippen molar-refractivity contribution in [3.05, 3.63) is 93.1 Å². The first-order chi connectivity index (χ1) is 15.8. The van der Waals surface area contributed by atoms with Gasteiger partial charge in [0.2, 0.25) is 0 Å². The van der Waals surface area contributed by atoms with E-state index in [1.54, 1.807) is 0 Å². The van der Waals surface area contributed by atoms with E-state index in [4.69, 9.17) is 0 Å². The molecule has 2 heteroatoms. The maximum absolute atomic E-state index is 13.3. The average molecular weight is 443 g/mol. The minimum Gasteiger partial charge on any atom is -0.289 e. The van der Waals surface area contributed by atoms with Gasteiger partial charge >= 0.3 is 0 Å². The molecule has 0 saturated carbocycles. The van der Waals surface area contributed by atoms with Crippen molar-refractivity contribution >= 4 is 11.6 Å². The van der Waals surface area contributed by atoms with E-state index in [0.29, 0.717) is 22.3 Å². The van der Waals surface area contributed by atoms with Gasteiger partial charge in [-0.15, -0.1) is 0 Å². The lowest BCUT2D eigenvalue weighted by molar-refractivity contribution is 0.0979. The summed E-state index contributed by atoms with van der Waals surface area (Å²) in [5, 5.41) is 0. The van der Waals surface area contributed by atoms with Crippen LogP contribution in [-0.2, 0) is 12.8 Å². The van der Waals surface area contributed by atoms with Crippen LogP contribution in [0.15, 0.2) is 59.7 Å². The van der Waals surface area contributed by atoms with Crippen molar-refractivity contribution in [3.8, 4) is 0 Å². The molecule has 0 bridgehead atoms. The first-order valence-electron chi connectivity index (χ1n) is 12.4. The summed E-state index contributed by atoms with van der Waals surface area (Å²) in [6.45, 7) is 10.9. The van der Waals surface area contributed by atoms with Crippen LogP contribution in [0.25, 0.3) is 0 Å². The van der Waals surface area contributed by atoms with Crippen LogP contribution < -0.4 is 0 Å². The van der Waals surface area contributed by atoms with Gasteiger partial charge in [-0.25, -0.2) is 0 Å². The minimum absolute atomic E-state index is 0.0223. The Bertz CT molecular complexity index is 1080. The molecule has 1 aliphatic rings. The van der Waals surface area contributed by atoms with E-state index in [2.05, 4.69) is 46.8 Å². The fourth-order valence-corrected chi connectivity index (χ4v) is 4.46. The number of carbonyl (C=O) groups excluding carboxylic acids is 2. The zero-order valence-electron chi connectivity index (χ0n) is 21.0. The smallest absolute Gasteiger partial charge is 0.194 e. The number of hydrogen-bond acceptors (Lipinski definition) is 2. The molecule has 0 heterocycles. The van der Waals surface area contributed by atoms with Crippen molar-refractivity contribution in [3.63, 3.8) is 0 Å². The van der Waals surface area contributed by atoms with Gasteiger partial charge in [-0.05, 0) is 88.5 Å². The second-order valence-corrected chi connectivity index (χ2v) is 10.1. The van der Waals surface area contributed by atoms with Crippen molar-refractivity contribution in [1.82, 2.24) is 0 Å². The van der Waals surface area contributed by atoms with E-state index in [0.717, 1.165) is 49.1 Å². The Hall–Kier alpha value is -2.74. The Morgan fingerprint density at radius 2 is 1.27 bits per heavy atom. The number of aryl methyl sites for hydroxylation is 2. The summed E-state index contributed by atoms with van der Waals surface area (Å²) in [6.07, 6.45) is 11.8. The number of hydrogen-bond donors (Lipinski definition) is 0. The number of benzene rings is 2. The number of fused-ring (bicyclic) bond motifs is 2. The second kappa shape index (κ2) is 11.4. The first kappa shape index (κ1) is 24.9. The molecule has 0 saturated heterocycles. The Kier molecular flexibility index (Phi) is 8.61. The van der Waals surface area contributed by atoms with E-state index < -0.39 is 0 Å². The standard InChI is InChI=1S/C31H38O2/c1-21(2)9-6-11-23(5)12-8-14-25-16-18-27-29(20-25)31(33)28-19-24(13-7-10-22(3)4)15-17-26(28)30(27)32/h10,12,15-21H,6-9,11,13-14H2,1-5H3/b23-12+. The molecule has 2 nitrogen and oxygen atoms in total. The van der Waals surface area contributed by atoms with E-state index in [9.17, 15) is 9.59 Å². The molecule has 0 fully saturated rings. The maximum atomic E-state index is 13.3. The predicted molar refractivity (Wildman–Crippen MR) is 138 cm³/mol. The van der Waals surface area contributed by atoms with E-state index in [-0.39, 0.29) is 11.6 Å². The highest BCUT2D eigenvalue weighted by Gasteiger charge is 2.29. The topological polar surface area (TPSA) is 34.1 Å². The van der Waals surface area contributed by atoms with E-state index in [1.807, 2.05) is 36.4 Å². The van der Waals surface area contributed by atoms with Crippen LogP contribution in [-0.4, -0.2) is 11.6 Å². The fraction of sp³-hybridized carbons (Fsp3) is 0.419. The second-order valence-electron chi connectivity index (χ2n) is 10.1. The normalized spacial score (nSPS) is 13.2. The molecular formula is C31H38O2. The monoisotopic (exact) mass is 442 g/mol. The molecule has 0 N–H and O–H groups in total. The summed E-state index contributed by atoms with van der Waals surface area (Å²) in [4.78, 5) is 26.4. The molecule has 0 amide bonds. The van der Waals surface area contributed by atoms with Crippen LogP contribution in [0.5, 0.6) is 0 Å². The molecule has 2 aromatic carbocycles. The SMILES string of the molecule is CC(C)=CCCc1ccc2c(c1)C(=O)c1cc(CC/C=C(\C)CCCC(C)C)ccc1C2=O. The van der Waals surface area contributed by atoms with Gasteiger partial charge in [0.15, 0.2) is 11.6 Å². The Labute approximate surface area is 199 Å². The summed E-state index contributed by atoms with van der Waals surface area (Å²) < 4.78 is 0. The lowest BCUT2D eigenvalue weighted by atomic mass is 9.82. The van der Waals surface area contributed by atoms with Crippen LogP contribution in [0.1, 0.15) is 110 Å². The Balaban J connectivity index is 1.71. The van der Waals surface area contributed by atoms with Crippen LogP contribution in [0, 0.1) is 5.92 Å². The van der Waals surface area contributed by atoms with Gasteiger partial charge in [0, 0.05) is 22.3 Å². The molecular weight excluding hydrogens is 404 g/mol. The lowest BCUT2D eigenvalue weighted by Gasteiger charge is -2.19. The summed E-state index contributed by atoms with van der Waals surface area (Å²) in [5.74, 6) is 0.695. The quantitative estimate of drug-likeness (QED) is 0.297. The van der Waals surface area contributed by atoms with Crippen LogP contribution in [0.2, 0.25) is 0 Å². The van der Waals surface area contributed by atoms with Gasteiger partial charge in [0.25, 0.3) is 0 Å². The largest absolute Gasteiger partial charge is 0.289 e. The molecule has 174 valence electrons. The number of allylic oxidation sites excluding steroid dienone is 4. The van der Waals surface area contributed by atoms with Crippen molar-refractivity contribution in [2.24, 2.45) is 5.92 Å². The zero-order chi connectivity index (χ0) is 24.0. The third kappa shape index (κ3) is 6.63.